The average Bonchev–Trinajstić information content (AvgIpc) is 2.92. The number of primary amides is 1. The summed E-state index contributed by atoms with van der Waals surface area (Å²) in [6.07, 6.45) is -4.79. The lowest BCUT2D eigenvalue weighted by Gasteiger charge is -2.19. The smallest absolute Gasteiger partial charge is 0.366 e. The van der Waals surface area contributed by atoms with E-state index in [1.54, 1.807) is 13.0 Å². The van der Waals surface area contributed by atoms with Crippen LogP contribution in [0.4, 0.5) is 30.7 Å². The molecule has 1 aromatic heterocycles. The number of amides is 1. The highest BCUT2D eigenvalue weighted by Gasteiger charge is 2.37. The second kappa shape index (κ2) is 9.27. The summed E-state index contributed by atoms with van der Waals surface area (Å²) in [7, 11) is 0. The first-order valence-corrected chi connectivity index (χ1v) is 9.73. The van der Waals surface area contributed by atoms with Crippen molar-refractivity contribution in [1.82, 2.24) is 9.99 Å². The molecule has 1 aromatic carbocycles. The number of benzene rings is 1. The van der Waals surface area contributed by atoms with Crippen LogP contribution in [0.3, 0.4) is 0 Å². The third kappa shape index (κ3) is 5.61. The molecular formula is C22H17F7N4O. The van der Waals surface area contributed by atoms with Gasteiger partial charge in [-0.2, -0.15) is 35.8 Å². The molecule has 0 saturated heterocycles. The summed E-state index contributed by atoms with van der Waals surface area (Å²) in [6.45, 7) is 1.57. The Balaban J connectivity index is 2.17. The number of hydrogen-bond acceptors (Lipinski definition) is 4. The van der Waals surface area contributed by atoms with Gasteiger partial charge in [0.1, 0.15) is 0 Å². The van der Waals surface area contributed by atoms with Crippen LogP contribution in [-0.4, -0.2) is 21.6 Å². The molecule has 1 atom stereocenters. The Bertz CT molecular complexity index is 1150. The molecular weight excluding hydrogens is 469 g/mol. The Morgan fingerprint density at radius 2 is 1.74 bits per heavy atom. The molecule has 12 heteroatoms. The van der Waals surface area contributed by atoms with Crippen molar-refractivity contribution in [2.75, 3.05) is 0 Å². The number of halogens is 7. The maximum atomic E-state index is 14.1. The lowest BCUT2D eigenvalue weighted by atomic mass is 9.93. The summed E-state index contributed by atoms with van der Waals surface area (Å²) < 4.78 is 94.0. The Labute approximate surface area is 189 Å². The van der Waals surface area contributed by atoms with Crippen molar-refractivity contribution in [2.24, 2.45) is 16.8 Å². The summed E-state index contributed by atoms with van der Waals surface area (Å²) in [5.74, 6) is -2.64. The van der Waals surface area contributed by atoms with E-state index in [4.69, 9.17) is 5.73 Å². The van der Waals surface area contributed by atoms with E-state index in [0.717, 1.165) is 17.4 Å². The Hall–Kier alpha value is -3.70. The summed E-state index contributed by atoms with van der Waals surface area (Å²) >= 11 is 0. The molecule has 1 aliphatic rings. The van der Waals surface area contributed by atoms with E-state index in [9.17, 15) is 35.5 Å². The fourth-order valence-electron chi connectivity index (χ4n) is 3.24. The van der Waals surface area contributed by atoms with Crippen LogP contribution in [0.15, 0.2) is 60.1 Å². The van der Waals surface area contributed by atoms with E-state index in [1.807, 2.05) is 0 Å². The maximum absolute atomic E-state index is 14.1. The van der Waals surface area contributed by atoms with Crippen LogP contribution in [0.2, 0.25) is 0 Å². The van der Waals surface area contributed by atoms with E-state index in [1.165, 1.54) is 18.3 Å². The standard InChI is InChI=1S/C22H17F7N4O/c1-12-4-3-7-33(11-17(20(30)34)16-5-2-6-31-19(16)23)32-18(12)13-8-14(21(24,25)26)10-15(9-13)22(27,28)29/h2-3,5-12H,4H2,1H3,(H2,30,34)/b17-11-. The van der Waals surface area contributed by atoms with Crippen molar-refractivity contribution >= 4 is 17.2 Å². The second-order valence-electron chi connectivity index (χ2n) is 7.43. The number of pyridine rings is 1. The SMILES string of the molecule is CC1CC=CN(/C=C(\C(N)=O)c2cccnc2F)N=C1c1cc(C(F)(F)F)cc(C(F)(F)F)c1. The fraction of sp³-hybridized carbons (Fsp3) is 0.227. The van der Waals surface area contributed by atoms with Crippen molar-refractivity contribution in [3.63, 3.8) is 0 Å². The number of carbonyl (C=O) groups excluding carboxylic acids is 1. The number of nitrogens with zero attached hydrogens (tertiary/aromatic N) is 3. The first-order valence-electron chi connectivity index (χ1n) is 9.73. The van der Waals surface area contributed by atoms with Crippen molar-refractivity contribution in [1.29, 1.82) is 0 Å². The lowest BCUT2D eigenvalue weighted by Crippen LogP contribution is -2.20. The predicted molar refractivity (Wildman–Crippen MR) is 109 cm³/mol. The minimum Gasteiger partial charge on any atom is -0.366 e. The van der Waals surface area contributed by atoms with E-state index >= 15 is 0 Å². The quantitative estimate of drug-likeness (QED) is 0.360. The highest BCUT2D eigenvalue weighted by molar-refractivity contribution is 6.18. The van der Waals surface area contributed by atoms with Crippen LogP contribution in [-0.2, 0) is 17.1 Å². The number of alkyl halides is 6. The normalized spacial score (nSPS) is 17.4. The lowest BCUT2D eigenvalue weighted by molar-refractivity contribution is -0.143. The average molecular weight is 486 g/mol. The topological polar surface area (TPSA) is 71.6 Å². The van der Waals surface area contributed by atoms with E-state index < -0.39 is 46.8 Å². The zero-order chi connectivity index (χ0) is 25.3. The number of carbonyl (C=O) groups is 1. The minimum atomic E-state index is -5.03. The molecule has 2 N–H and O–H groups in total. The van der Waals surface area contributed by atoms with E-state index in [2.05, 4.69) is 10.1 Å². The van der Waals surface area contributed by atoms with Gasteiger partial charge in [0.25, 0.3) is 5.91 Å². The summed E-state index contributed by atoms with van der Waals surface area (Å²) in [6, 6.07) is 3.76. The van der Waals surface area contributed by atoms with Crippen LogP contribution in [0.5, 0.6) is 0 Å². The van der Waals surface area contributed by atoms with Gasteiger partial charge < -0.3 is 5.73 Å². The van der Waals surface area contributed by atoms with Gasteiger partial charge in [0.15, 0.2) is 0 Å². The predicted octanol–water partition coefficient (Wildman–Crippen LogP) is 5.34. The van der Waals surface area contributed by atoms with Crippen molar-refractivity contribution in [2.45, 2.75) is 25.7 Å². The van der Waals surface area contributed by atoms with Gasteiger partial charge in [0.05, 0.1) is 22.4 Å². The molecule has 1 amide bonds. The van der Waals surface area contributed by atoms with Gasteiger partial charge in [-0.1, -0.05) is 13.0 Å². The molecule has 180 valence electrons. The van der Waals surface area contributed by atoms with Gasteiger partial charge >= 0.3 is 12.4 Å². The molecule has 0 saturated carbocycles. The first-order chi connectivity index (χ1) is 15.8. The molecule has 0 bridgehead atoms. The number of hydrogen-bond donors (Lipinski definition) is 1. The number of hydrazone groups is 1. The van der Waals surface area contributed by atoms with Crippen molar-refractivity contribution < 1.29 is 35.5 Å². The second-order valence-corrected chi connectivity index (χ2v) is 7.43. The van der Waals surface area contributed by atoms with Crippen LogP contribution in [0.25, 0.3) is 5.57 Å². The molecule has 0 spiro atoms. The molecule has 2 heterocycles. The molecule has 1 unspecified atom stereocenters. The van der Waals surface area contributed by atoms with Gasteiger partial charge in [0, 0.05) is 30.1 Å². The molecule has 34 heavy (non-hydrogen) atoms. The Morgan fingerprint density at radius 1 is 1.12 bits per heavy atom. The zero-order valence-corrected chi connectivity index (χ0v) is 17.5. The Morgan fingerprint density at radius 3 is 2.26 bits per heavy atom. The molecule has 0 fully saturated rings. The summed E-state index contributed by atoms with van der Waals surface area (Å²) in [5, 5.41) is 5.14. The molecule has 1 aliphatic heterocycles. The minimum absolute atomic E-state index is 0.0255. The van der Waals surface area contributed by atoms with Crippen LogP contribution < -0.4 is 5.73 Å². The van der Waals surface area contributed by atoms with Gasteiger partial charge in [0.2, 0.25) is 5.95 Å². The molecule has 5 nitrogen and oxygen atoms in total. The molecule has 2 aromatic rings. The highest BCUT2D eigenvalue weighted by atomic mass is 19.4. The Kier molecular flexibility index (Phi) is 6.80. The number of aromatic nitrogens is 1. The third-order valence-corrected chi connectivity index (χ3v) is 4.90. The van der Waals surface area contributed by atoms with E-state index in [-0.39, 0.29) is 29.3 Å². The summed E-state index contributed by atoms with van der Waals surface area (Å²) in [4.78, 5) is 15.4. The molecule has 0 radical (unpaired) electrons. The number of allylic oxidation sites excluding steroid dienone is 1. The largest absolute Gasteiger partial charge is 0.416 e. The van der Waals surface area contributed by atoms with Gasteiger partial charge in [-0.05, 0) is 42.3 Å². The monoisotopic (exact) mass is 486 g/mol. The highest BCUT2D eigenvalue weighted by Crippen LogP contribution is 2.37. The first kappa shape index (κ1) is 24.9. The number of rotatable bonds is 4. The third-order valence-electron chi connectivity index (χ3n) is 4.90. The van der Waals surface area contributed by atoms with Crippen LogP contribution in [0, 0.1) is 11.9 Å². The van der Waals surface area contributed by atoms with Crippen LogP contribution in [0.1, 0.15) is 35.6 Å². The van der Waals surface area contributed by atoms with Gasteiger partial charge in [-0.25, -0.2) is 9.99 Å². The summed E-state index contributed by atoms with van der Waals surface area (Å²) in [5.41, 5.74) is 1.27. The number of nitrogens with two attached hydrogens (primary N) is 1. The van der Waals surface area contributed by atoms with Crippen molar-refractivity contribution in [3.05, 3.63) is 83.2 Å². The van der Waals surface area contributed by atoms with Crippen LogP contribution >= 0.6 is 0 Å². The maximum Gasteiger partial charge on any atom is 0.416 e. The zero-order valence-electron chi connectivity index (χ0n) is 17.5. The molecule has 3 rings (SSSR count). The van der Waals surface area contributed by atoms with Gasteiger partial charge in [-0.15, -0.1) is 0 Å². The molecule has 0 aliphatic carbocycles. The van der Waals surface area contributed by atoms with Crippen molar-refractivity contribution in [3.8, 4) is 0 Å². The van der Waals surface area contributed by atoms with Gasteiger partial charge in [-0.3, -0.25) is 4.79 Å². The fourth-order valence-corrected chi connectivity index (χ4v) is 3.24. The van der Waals surface area contributed by atoms with E-state index in [0.29, 0.717) is 12.1 Å².